The van der Waals surface area contributed by atoms with Crippen molar-refractivity contribution < 1.29 is 24.0 Å². The minimum absolute atomic E-state index is 0.104. The third kappa shape index (κ3) is 6.78. The topological polar surface area (TPSA) is 88.9 Å². The molecule has 0 aromatic heterocycles. The first kappa shape index (κ1) is 19.6. The summed E-state index contributed by atoms with van der Waals surface area (Å²) in [7, 11) is 3.04. The van der Waals surface area contributed by atoms with Crippen molar-refractivity contribution in [2.24, 2.45) is 0 Å². The summed E-state index contributed by atoms with van der Waals surface area (Å²) in [6, 6.07) is 6.62. The number of anilines is 1. The molecule has 0 fully saturated rings. The minimum Gasteiger partial charge on any atom is -0.465 e. The summed E-state index contributed by atoms with van der Waals surface area (Å²) >= 11 is 0. The number of hydrogen-bond acceptors (Lipinski definition) is 4. The second-order valence-corrected chi connectivity index (χ2v) is 6.69. The Hall–Kier alpha value is -2.41. The Balaban J connectivity index is 2.61. The fourth-order valence-corrected chi connectivity index (χ4v) is 2.15. The van der Waals surface area contributed by atoms with E-state index in [1.165, 1.54) is 7.11 Å². The van der Waals surface area contributed by atoms with Gasteiger partial charge in [-0.2, -0.15) is 0 Å². The molecule has 1 unspecified atom stereocenters. The zero-order valence-corrected chi connectivity index (χ0v) is 14.9. The third-order valence-electron chi connectivity index (χ3n) is 3.05. The minimum atomic E-state index is -0.517. The second-order valence-electron chi connectivity index (χ2n) is 6.69. The first-order valence-corrected chi connectivity index (χ1v) is 7.72. The Morgan fingerprint density at radius 2 is 1.67 bits per heavy atom. The van der Waals surface area contributed by atoms with Gasteiger partial charge in [0, 0.05) is 5.54 Å². The Kier molecular flexibility index (Phi) is 6.91. The average Bonchev–Trinajstić information content (AvgIpc) is 2.44. The predicted molar refractivity (Wildman–Crippen MR) is 90.9 cm³/mol. The molecule has 1 aromatic rings. The van der Waals surface area contributed by atoms with Crippen LogP contribution < -0.4 is 15.5 Å². The van der Waals surface area contributed by atoms with Gasteiger partial charge in [-0.15, -0.1) is 0 Å². The molecule has 0 saturated carbocycles. The van der Waals surface area contributed by atoms with Crippen molar-refractivity contribution in [1.82, 2.24) is 5.32 Å². The summed E-state index contributed by atoms with van der Waals surface area (Å²) in [6.07, 6.45) is 0. The van der Waals surface area contributed by atoms with Gasteiger partial charge in [-0.1, -0.05) is 12.1 Å². The number of esters is 1. The van der Waals surface area contributed by atoms with Crippen LogP contribution in [0.25, 0.3) is 0 Å². The van der Waals surface area contributed by atoms with Gasteiger partial charge in [-0.25, -0.2) is 4.79 Å². The van der Waals surface area contributed by atoms with Crippen LogP contribution in [0, 0.1) is 0 Å². The van der Waals surface area contributed by atoms with Crippen molar-refractivity contribution >= 4 is 23.5 Å². The van der Waals surface area contributed by atoms with Gasteiger partial charge in [0.05, 0.1) is 25.4 Å². The molecule has 1 aromatic carbocycles. The molecule has 1 rings (SSSR count). The lowest BCUT2D eigenvalue weighted by molar-refractivity contribution is -0.862. The summed E-state index contributed by atoms with van der Waals surface area (Å²) in [5.41, 5.74) is 0.372. The van der Waals surface area contributed by atoms with Gasteiger partial charge in [0.1, 0.15) is 0 Å². The van der Waals surface area contributed by atoms with Crippen LogP contribution in [0.15, 0.2) is 24.3 Å². The number of hydrogen-bond donors (Lipinski definition) is 3. The SMILES string of the molecule is COC(=O)c1ccccc1NC(=O)C[NH+](C)CC(=O)NC(C)(C)C. The number of methoxy groups -OCH3 is 1. The average molecular weight is 336 g/mol. The number of benzene rings is 1. The Bertz CT molecular complexity index is 608. The van der Waals surface area contributed by atoms with Crippen LogP contribution >= 0.6 is 0 Å². The van der Waals surface area contributed by atoms with Crippen molar-refractivity contribution in [3.8, 4) is 0 Å². The molecule has 132 valence electrons. The zero-order valence-electron chi connectivity index (χ0n) is 14.9. The van der Waals surface area contributed by atoms with Crippen molar-refractivity contribution in [2.75, 3.05) is 32.6 Å². The summed E-state index contributed by atoms with van der Waals surface area (Å²) in [5, 5.41) is 5.54. The number of para-hydroxylation sites is 1. The van der Waals surface area contributed by atoms with E-state index in [-0.39, 0.29) is 36.0 Å². The highest BCUT2D eigenvalue weighted by molar-refractivity contribution is 6.01. The first-order valence-electron chi connectivity index (χ1n) is 7.72. The van der Waals surface area contributed by atoms with E-state index in [1.54, 1.807) is 31.3 Å². The summed E-state index contributed by atoms with van der Waals surface area (Å²) in [5.74, 6) is -0.925. The normalized spacial score (nSPS) is 12.2. The lowest BCUT2D eigenvalue weighted by atomic mass is 10.1. The highest BCUT2D eigenvalue weighted by Gasteiger charge is 2.20. The molecule has 24 heavy (non-hydrogen) atoms. The molecule has 7 nitrogen and oxygen atoms in total. The van der Waals surface area contributed by atoms with Crippen LogP contribution in [0.2, 0.25) is 0 Å². The van der Waals surface area contributed by atoms with Crippen molar-refractivity contribution in [2.45, 2.75) is 26.3 Å². The van der Waals surface area contributed by atoms with Crippen molar-refractivity contribution in [1.29, 1.82) is 0 Å². The maximum atomic E-state index is 12.1. The van der Waals surface area contributed by atoms with Gasteiger partial charge in [0.2, 0.25) is 0 Å². The number of quaternary nitrogens is 1. The van der Waals surface area contributed by atoms with Crippen LogP contribution in [-0.2, 0) is 14.3 Å². The van der Waals surface area contributed by atoms with E-state index < -0.39 is 5.97 Å². The van der Waals surface area contributed by atoms with Crippen molar-refractivity contribution in [3.63, 3.8) is 0 Å². The van der Waals surface area contributed by atoms with Crippen LogP contribution in [0.1, 0.15) is 31.1 Å². The molecule has 2 amide bonds. The van der Waals surface area contributed by atoms with Crippen molar-refractivity contribution in [3.05, 3.63) is 29.8 Å². The molecule has 3 N–H and O–H groups in total. The molecule has 0 aliphatic rings. The number of ether oxygens (including phenoxy) is 1. The van der Waals surface area contributed by atoms with Gasteiger partial charge in [0.15, 0.2) is 13.1 Å². The largest absolute Gasteiger partial charge is 0.465 e. The van der Waals surface area contributed by atoms with E-state index in [0.717, 1.165) is 4.90 Å². The number of nitrogens with one attached hydrogen (secondary N) is 3. The summed E-state index contributed by atoms with van der Waals surface area (Å²) in [4.78, 5) is 36.4. The molecule has 0 aliphatic heterocycles. The molecule has 0 spiro atoms. The van der Waals surface area contributed by atoms with Gasteiger partial charge in [-0.3, -0.25) is 9.59 Å². The Labute approximate surface area is 142 Å². The summed E-state index contributed by atoms with van der Waals surface area (Å²) in [6.45, 7) is 5.99. The Morgan fingerprint density at radius 3 is 2.25 bits per heavy atom. The molecular formula is C17H26N3O4+. The van der Waals surface area contributed by atoms with E-state index in [0.29, 0.717) is 5.69 Å². The molecule has 0 heterocycles. The van der Waals surface area contributed by atoms with Crippen LogP contribution in [-0.4, -0.2) is 50.6 Å². The van der Waals surface area contributed by atoms with Crippen LogP contribution in [0.3, 0.4) is 0 Å². The molecule has 7 heteroatoms. The molecule has 0 bridgehead atoms. The quantitative estimate of drug-likeness (QED) is 0.630. The maximum absolute atomic E-state index is 12.1. The highest BCUT2D eigenvalue weighted by atomic mass is 16.5. The van der Waals surface area contributed by atoms with E-state index in [2.05, 4.69) is 10.6 Å². The number of rotatable bonds is 6. The smallest absolute Gasteiger partial charge is 0.339 e. The van der Waals surface area contributed by atoms with Crippen LogP contribution in [0.5, 0.6) is 0 Å². The fraction of sp³-hybridized carbons (Fsp3) is 0.471. The predicted octanol–water partition coefficient (Wildman–Crippen LogP) is -0.159. The maximum Gasteiger partial charge on any atom is 0.339 e. The molecule has 1 atom stereocenters. The third-order valence-corrected chi connectivity index (χ3v) is 3.05. The van der Waals surface area contributed by atoms with Gasteiger partial charge < -0.3 is 20.3 Å². The highest BCUT2D eigenvalue weighted by Crippen LogP contribution is 2.15. The zero-order chi connectivity index (χ0) is 18.3. The number of amides is 2. The standard InChI is InChI=1S/C17H25N3O4/c1-17(2,3)19-15(22)11-20(4)10-14(21)18-13-9-7-6-8-12(13)16(23)24-5/h6-9H,10-11H2,1-5H3,(H,18,21)(H,19,22)/p+1. The van der Waals surface area contributed by atoms with Gasteiger partial charge in [0.25, 0.3) is 11.8 Å². The monoisotopic (exact) mass is 336 g/mol. The summed E-state index contributed by atoms with van der Waals surface area (Å²) < 4.78 is 4.69. The lowest BCUT2D eigenvalue weighted by Crippen LogP contribution is -3.11. The number of carbonyl (C=O) groups is 3. The molecule has 0 saturated heterocycles. The lowest BCUT2D eigenvalue weighted by Gasteiger charge is -2.21. The molecule has 0 radical (unpaired) electrons. The van der Waals surface area contributed by atoms with E-state index in [9.17, 15) is 14.4 Å². The first-order chi connectivity index (χ1) is 11.1. The number of carbonyl (C=O) groups excluding carboxylic acids is 3. The van der Waals surface area contributed by atoms with E-state index >= 15 is 0 Å². The van der Waals surface area contributed by atoms with Gasteiger partial charge in [-0.05, 0) is 32.9 Å². The van der Waals surface area contributed by atoms with Gasteiger partial charge >= 0.3 is 5.97 Å². The Morgan fingerprint density at radius 1 is 1.08 bits per heavy atom. The molecular weight excluding hydrogens is 310 g/mol. The van der Waals surface area contributed by atoms with Crippen LogP contribution in [0.4, 0.5) is 5.69 Å². The molecule has 0 aliphatic carbocycles. The second kappa shape index (κ2) is 8.44. The van der Waals surface area contributed by atoms with E-state index in [4.69, 9.17) is 4.74 Å². The fourth-order valence-electron chi connectivity index (χ4n) is 2.15. The number of likely N-dealkylation sites (N-methyl/N-ethyl adjacent to an activating group) is 1. The van der Waals surface area contributed by atoms with E-state index in [1.807, 2.05) is 20.8 Å².